The lowest BCUT2D eigenvalue weighted by Crippen LogP contribution is -2.07. The van der Waals surface area contributed by atoms with Crippen LogP contribution in [0.3, 0.4) is 0 Å². The second-order valence-electron chi connectivity index (χ2n) is 5.88. The molecule has 0 bridgehead atoms. The van der Waals surface area contributed by atoms with Crippen LogP contribution >= 0.6 is 22.9 Å². The number of hydrogen-bond donors (Lipinski definition) is 0. The summed E-state index contributed by atoms with van der Waals surface area (Å²) in [4.78, 5) is 2.36. The van der Waals surface area contributed by atoms with Gasteiger partial charge in [-0.2, -0.15) is 0 Å². The van der Waals surface area contributed by atoms with Crippen LogP contribution in [0.25, 0.3) is 0 Å². The van der Waals surface area contributed by atoms with Gasteiger partial charge in [0.15, 0.2) is 0 Å². The molecule has 19 heavy (non-hydrogen) atoms. The van der Waals surface area contributed by atoms with Crippen molar-refractivity contribution in [2.45, 2.75) is 38.5 Å². The van der Waals surface area contributed by atoms with Gasteiger partial charge < -0.3 is 0 Å². The van der Waals surface area contributed by atoms with Gasteiger partial charge in [-0.1, -0.05) is 26.8 Å². The average molecular weight is 297 g/mol. The fraction of sp³-hybridized carbons (Fsp3) is 0.375. The molecule has 0 amide bonds. The Morgan fingerprint density at radius 1 is 1.16 bits per heavy atom. The third-order valence-corrected chi connectivity index (χ3v) is 5.17. The highest BCUT2D eigenvalue weighted by Crippen LogP contribution is 2.38. The summed E-state index contributed by atoms with van der Waals surface area (Å²) in [5, 5.41) is -0.282. The van der Waals surface area contributed by atoms with E-state index in [0.717, 1.165) is 16.0 Å². The second-order valence-corrected chi connectivity index (χ2v) is 7.43. The van der Waals surface area contributed by atoms with E-state index in [1.165, 1.54) is 17.0 Å². The molecule has 0 fully saturated rings. The molecule has 2 aromatic rings. The lowest BCUT2D eigenvalue weighted by Gasteiger charge is -2.15. The summed E-state index contributed by atoms with van der Waals surface area (Å²) >= 11 is 8.18. The molecule has 1 aromatic carbocycles. The van der Waals surface area contributed by atoms with Crippen molar-refractivity contribution in [2.75, 3.05) is 0 Å². The van der Waals surface area contributed by atoms with Crippen LogP contribution < -0.4 is 0 Å². The maximum absolute atomic E-state index is 13.4. The van der Waals surface area contributed by atoms with Crippen LogP contribution in [0.4, 0.5) is 4.39 Å². The van der Waals surface area contributed by atoms with Gasteiger partial charge in [-0.3, -0.25) is 0 Å². The smallest absolute Gasteiger partial charge is 0.123 e. The summed E-state index contributed by atoms with van der Waals surface area (Å²) in [5.74, 6) is -0.228. The zero-order chi connectivity index (χ0) is 14.2. The van der Waals surface area contributed by atoms with Gasteiger partial charge in [0.2, 0.25) is 0 Å². The number of alkyl halides is 1. The number of hydrogen-bond acceptors (Lipinski definition) is 1. The summed E-state index contributed by atoms with van der Waals surface area (Å²) in [7, 11) is 0. The monoisotopic (exact) mass is 296 g/mol. The Labute approximate surface area is 123 Å². The van der Waals surface area contributed by atoms with Crippen molar-refractivity contribution < 1.29 is 4.39 Å². The fourth-order valence-electron chi connectivity index (χ4n) is 1.97. The maximum atomic E-state index is 13.4. The Kier molecular flexibility index (Phi) is 4.03. The zero-order valence-corrected chi connectivity index (χ0v) is 13.2. The van der Waals surface area contributed by atoms with Crippen molar-refractivity contribution in [1.82, 2.24) is 0 Å². The first-order valence-corrected chi connectivity index (χ1v) is 7.54. The molecule has 2 rings (SSSR count). The second kappa shape index (κ2) is 5.26. The van der Waals surface area contributed by atoms with Crippen LogP contribution in [0.15, 0.2) is 30.3 Å². The van der Waals surface area contributed by atoms with Gasteiger partial charge >= 0.3 is 0 Å². The average Bonchev–Trinajstić information content (AvgIpc) is 2.75. The highest BCUT2D eigenvalue weighted by atomic mass is 35.5. The van der Waals surface area contributed by atoms with Crippen LogP contribution in [0.1, 0.15) is 47.0 Å². The van der Waals surface area contributed by atoms with Gasteiger partial charge in [-0.05, 0) is 47.7 Å². The van der Waals surface area contributed by atoms with E-state index in [0.29, 0.717) is 0 Å². The molecule has 1 aromatic heterocycles. The van der Waals surface area contributed by atoms with Crippen LogP contribution in [-0.2, 0) is 5.41 Å². The number of thiophene rings is 1. The predicted octanol–water partition coefficient (Wildman–Crippen LogP) is 5.82. The van der Waals surface area contributed by atoms with E-state index >= 15 is 0 Å². The van der Waals surface area contributed by atoms with Crippen molar-refractivity contribution in [3.05, 3.63) is 57.0 Å². The first kappa shape index (κ1) is 14.5. The van der Waals surface area contributed by atoms with Gasteiger partial charge in [0.05, 0.1) is 5.38 Å². The maximum Gasteiger partial charge on any atom is 0.123 e. The largest absolute Gasteiger partial charge is 0.207 e. The minimum atomic E-state index is -0.282. The zero-order valence-electron chi connectivity index (χ0n) is 11.6. The molecule has 0 aliphatic carbocycles. The predicted molar refractivity (Wildman–Crippen MR) is 81.9 cm³/mol. The third kappa shape index (κ3) is 3.37. The molecule has 1 unspecified atom stereocenters. The third-order valence-electron chi connectivity index (χ3n) is 2.97. The Bertz CT molecular complexity index is 560. The highest BCUT2D eigenvalue weighted by molar-refractivity contribution is 7.12. The van der Waals surface area contributed by atoms with E-state index in [1.807, 2.05) is 19.1 Å². The Morgan fingerprint density at radius 2 is 1.84 bits per heavy atom. The SMILES string of the molecule is Cc1cc(F)cc(C(Cl)c2ccc(C(C)(C)C)s2)c1. The van der Waals surface area contributed by atoms with Crippen molar-refractivity contribution in [2.24, 2.45) is 0 Å². The number of halogens is 2. The van der Waals surface area contributed by atoms with Crippen LogP contribution in [0.2, 0.25) is 0 Å². The molecule has 0 saturated heterocycles. The lowest BCUT2D eigenvalue weighted by molar-refractivity contribution is 0.604. The summed E-state index contributed by atoms with van der Waals surface area (Å²) in [6, 6.07) is 9.13. The van der Waals surface area contributed by atoms with Gasteiger partial charge in [0.25, 0.3) is 0 Å². The number of benzene rings is 1. The summed E-state index contributed by atoms with van der Waals surface area (Å²) in [6.07, 6.45) is 0. The van der Waals surface area contributed by atoms with E-state index in [9.17, 15) is 4.39 Å². The van der Waals surface area contributed by atoms with Gasteiger partial charge in [-0.15, -0.1) is 22.9 Å². The first-order valence-electron chi connectivity index (χ1n) is 6.29. The van der Waals surface area contributed by atoms with Crippen molar-refractivity contribution in [3.63, 3.8) is 0 Å². The normalized spacial score (nSPS) is 13.6. The summed E-state index contributed by atoms with van der Waals surface area (Å²) in [5.41, 5.74) is 1.84. The molecule has 1 atom stereocenters. The molecule has 3 heteroatoms. The van der Waals surface area contributed by atoms with E-state index in [2.05, 4.69) is 26.8 Å². The van der Waals surface area contributed by atoms with E-state index in [4.69, 9.17) is 11.6 Å². The van der Waals surface area contributed by atoms with E-state index in [1.54, 1.807) is 11.3 Å². The summed E-state index contributed by atoms with van der Waals surface area (Å²) < 4.78 is 13.4. The van der Waals surface area contributed by atoms with E-state index < -0.39 is 0 Å². The number of aryl methyl sites for hydroxylation is 1. The molecule has 0 aliphatic rings. The molecular formula is C16H18ClFS. The fourth-order valence-corrected chi connectivity index (χ4v) is 3.37. The molecule has 1 heterocycles. The molecule has 0 spiro atoms. The van der Waals surface area contributed by atoms with Crippen molar-refractivity contribution in [1.29, 1.82) is 0 Å². The molecule has 0 saturated carbocycles. The van der Waals surface area contributed by atoms with Crippen LogP contribution in [0.5, 0.6) is 0 Å². The number of rotatable bonds is 2. The van der Waals surface area contributed by atoms with Gasteiger partial charge in [0, 0.05) is 9.75 Å². The first-order chi connectivity index (χ1) is 8.77. The quantitative estimate of drug-likeness (QED) is 0.612. The molecular weight excluding hydrogens is 279 g/mol. The molecule has 0 nitrogen and oxygen atoms in total. The van der Waals surface area contributed by atoms with Crippen molar-refractivity contribution in [3.8, 4) is 0 Å². The Balaban J connectivity index is 2.33. The molecule has 102 valence electrons. The summed E-state index contributed by atoms with van der Waals surface area (Å²) in [6.45, 7) is 8.42. The van der Waals surface area contributed by atoms with Gasteiger partial charge in [-0.25, -0.2) is 4.39 Å². The van der Waals surface area contributed by atoms with Crippen molar-refractivity contribution >= 4 is 22.9 Å². The topological polar surface area (TPSA) is 0 Å². The van der Waals surface area contributed by atoms with Crippen LogP contribution in [0, 0.1) is 12.7 Å². The lowest BCUT2D eigenvalue weighted by atomic mass is 9.95. The Morgan fingerprint density at radius 3 is 2.37 bits per heavy atom. The highest BCUT2D eigenvalue weighted by Gasteiger charge is 2.20. The molecule has 0 aliphatic heterocycles. The molecule has 0 radical (unpaired) electrons. The minimum Gasteiger partial charge on any atom is -0.207 e. The van der Waals surface area contributed by atoms with E-state index in [-0.39, 0.29) is 16.6 Å². The van der Waals surface area contributed by atoms with Gasteiger partial charge in [0.1, 0.15) is 5.82 Å². The Hall–Kier alpha value is -0.860. The molecule has 0 N–H and O–H groups in total. The standard InChI is InChI=1S/C16H18ClFS/c1-10-7-11(9-12(18)8-10)15(17)13-5-6-14(19-13)16(2,3)4/h5-9,15H,1-4H3. The minimum absolute atomic E-state index is 0.122. The van der Waals surface area contributed by atoms with Crippen LogP contribution in [-0.4, -0.2) is 0 Å².